The van der Waals surface area contributed by atoms with E-state index in [9.17, 15) is 9.18 Å². The van der Waals surface area contributed by atoms with Gasteiger partial charge in [-0.05, 0) is 0 Å². The summed E-state index contributed by atoms with van der Waals surface area (Å²) >= 11 is 0. The summed E-state index contributed by atoms with van der Waals surface area (Å²) in [4.78, 5) is 13.9. The number of aryl methyl sites for hydroxylation is 1. The van der Waals surface area contributed by atoms with Crippen LogP contribution in [0.15, 0.2) is 24.3 Å². The van der Waals surface area contributed by atoms with Crippen molar-refractivity contribution in [3.63, 3.8) is 0 Å². The molecule has 1 amide bonds. The van der Waals surface area contributed by atoms with Gasteiger partial charge in [0, 0.05) is 0 Å². The van der Waals surface area contributed by atoms with Gasteiger partial charge in [-0.1, -0.05) is 0 Å². The van der Waals surface area contributed by atoms with E-state index < -0.39 is 11.7 Å². The minimum atomic E-state index is -0.643. The number of alkyl carbamates (subject to hydrolysis) is 1. The van der Waals surface area contributed by atoms with Gasteiger partial charge in [0.2, 0.25) is 0 Å². The number of nitriles is 1. The second-order valence-corrected chi connectivity index (χ2v) is 7.23. The molecule has 0 fully saturated rings. The summed E-state index contributed by atoms with van der Waals surface area (Å²) in [5.41, 5.74) is 2.17. The Morgan fingerprint density at radius 1 is 1.41 bits per heavy atom. The van der Waals surface area contributed by atoms with Gasteiger partial charge in [-0.15, -0.1) is 0 Å². The Bertz CT molecular complexity index is 809. The second-order valence-electron chi connectivity index (χ2n) is 7.23. The van der Waals surface area contributed by atoms with E-state index in [1.807, 2.05) is 17.0 Å². The van der Waals surface area contributed by atoms with Gasteiger partial charge in [0.05, 0.1) is 0 Å². The Hall–Kier alpha value is -2.82. The molecule has 0 radical (unpaired) electrons. The molecule has 0 saturated heterocycles. The predicted octanol–water partition coefficient (Wildman–Crippen LogP) is 2.95. The Morgan fingerprint density at radius 3 is 2.70 bits per heavy atom. The van der Waals surface area contributed by atoms with E-state index in [2.05, 4.69) is 9.97 Å². The number of nitrogens with one attached hydrogen (secondary N) is 1. The van der Waals surface area contributed by atoms with Gasteiger partial charge in [0.25, 0.3) is 0 Å². The van der Waals surface area contributed by atoms with Crippen molar-refractivity contribution in [1.29, 1.82) is 5.26 Å². The van der Waals surface area contributed by atoms with Gasteiger partial charge < -0.3 is 0 Å². The van der Waals surface area contributed by atoms with Crippen molar-refractivity contribution in [1.82, 2.24) is 10.2 Å². The summed E-state index contributed by atoms with van der Waals surface area (Å²) in [6, 6.07) is 5.19. The molecular weight excluding hydrogens is 348 g/mol. The second kappa shape index (κ2) is 8.71. The zero-order valence-electron chi connectivity index (χ0n) is 16.0. The van der Waals surface area contributed by atoms with E-state index in [1.165, 1.54) is 13.2 Å². The van der Waals surface area contributed by atoms with Gasteiger partial charge in [-0.3, -0.25) is 0 Å². The normalized spacial score (nSPS) is 14.6. The van der Waals surface area contributed by atoms with Gasteiger partial charge in [0.15, 0.2) is 0 Å². The van der Waals surface area contributed by atoms with Crippen LogP contribution >= 0.6 is 0 Å². The first-order valence-corrected chi connectivity index (χ1v) is 8.65. The average Bonchev–Trinajstić information content (AvgIpc) is 2.59. The Morgan fingerprint density at radius 2 is 2.15 bits per heavy atom. The fourth-order valence-electron chi connectivity index (χ4n) is 2.62. The van der Waals surface area contributed by atoms with E-state index in [0.29, 0.717) is 30.8 Å². The van der Waals surface area contributed by atoms with Crippen molar-refractivity contribution in [2.45, 2.75) is 39.7 Å². The van der Waals surface area contributed by atoms with Crippen molar-refractivity contribution in [2.75, 3.05) is 13.1 Å². The van der Waals surface area contributed by atoms with Crippen molar-refractivity contribution in [3.05, 3.63) is 41.2 Å². The summed E-state index contributed by atoms with van der Waals surface area (Å²) in [5, 5.41) is 11.3. The number of rotatable bonds is 4. The van der Waals surface area contributed by atoms with Gasteiger partial charge in [-0.25, -0.2) is 0 Å². The molecule has 6 nitrogen and oxygen atoms in total. The maximum absolute atomic E-state index is 13.8. The molecule has 1 aliphatic rings. The summed E-state index contributed by atoms with van der Waals surface area (Å²) < 4.78 is 23.7. The number of nitrogens with zero attached hydrogens (tertiary/aromatic N) is 2. The number of hydrogen-bond acceptors (Lipinski definition) is 5. The molecule has 0 aromatic heterocycles. The van der Waals surface area contributed by atoms with Crippen LogP contribution in [0.25, 0.3) is 5.57 Å². The summed E-state index contributed by atoms with van der Waals surface area (Å²) in [7, 11) is 1.17. The Labute approximate surface area is 159 Å². The number of benzene rings is 1. The van der Waals surface area contributed by atoms with Crippen LogP contribution < -0.4 is 5.32 Å². The SMILES string of the molecule is Cc1ccc(C2=CCN(C(=BOC#N)NC(=O)OC(C)(C)C)CC2)cc1F. The molecule has 27 heavy (non-hydrogen) atoms. The zero-order valence-corrected chi connectivity index (χ0v) is 16.0. The van der Waals surface area contributed by atoms with Crippen LogP contribution in [0.2, 0.25) is 0 Å². The number of halogens is 1. The van der Waals surface area contributed by atoms with E-state index in [0.717, 1.165) is 11.1 Å². The van der Waals surface area contributed by atoms with Crippen LogP contribution in [0.5, 0.6) is 0 Å². The van der Waals surface area contributed by atoms with E-state index >= 15 is 0 Å². The molecule has 0 spiro atoms. The molecule has 142 valence electrons. The van der Waals surface area contributed by atoms with Crippen LogP contribution in [-0.2, 0) is 9.39 Å². The molecule has 0 bridgehead atoms. The maximum atomic E-state index is 13.8. The molecule has 8 heteroatoms. The van der Waals surface area contributed by atoms with Crippen molar-refractivity contribution >= 4 is 24.5 Å². The molecule has 1 aliphatic heterocycles. The average molecular weight is 371 g/mol. The third kappa shape index (κ3) is 6.13. The molecular formula is C19H23BFN3O3. The predicted molar refractivity (Wildman–Crippen MR) is 102 cm³/mol. The standard InChI is InChI=1S/C19H23BFN3O3/c1-13-5-6-15(11-16(13)21)14-7-9-24(10-8-14)17(20-26-12-22)23-18(25)27-19(2,3)4/h5-7,11H,8-10H2,1-4H3,(H,23,25). The molecule has 0 saturated carbocycles. The Kier molecular flexibility index (Phi) is 6.62. The number of hydrogen-bond donors (Lipinski definition) is 1. The first kappa shape index (κ1) is 20.5. The van der Waals surface area contributed by atoms with E-state index in [4.69, 9.17) is 10.00 Å². The van der Waals surface area contributed by atoms with E-state index in [-0.39, 0.29) is 5.82 Å². The van der Waals surface area contributed by atoms with Crippen LogP contribution in [-0.4, -0.2) is 42.5 Å². The van der Waals surface area contributed by atoms with Gasteiger partial charge in [-0.2, -0.15) is 0 Å². The third-order valence-corrected chi connectivity index (χ3v) is 3.94. The number of carbonyl (C=O) groups is 1. The van der Waals surface area contributed by atoms with E-state index in [1.54, 1.807) is 40.0 Å². The fraction of sp³-hybridized carbons (Fsp3) is 0.421. The van der Waals surface area contributed by atoms with Gasteiger partial charge in [0.1, 0.15) is 0 Å². The van der Waals surface area contributed by atoms with Crippen molar-refractivity contribution in [2.24, 2.45) is 0 Å². The first-order valence-electron chi connectivity index (χ1n) is 8.65. The van der Waals surface area contributed by atoms with Crippen molar-refractivity contribution < 1.29 is 18.6 Å². The van der Waals surface area contributed by atoms with Crippen LogP contribution in [0, 0.1) is 24.3 Å². The topological polar surface area (TPSA) is 74.6 Å². The number of ether oxygens (including phenoxy) is 1. The molecule has 0 aliphatic carbocycles. The molecule has 1 N–H and O–H groups in total. The van der Waals surface area contributed by atoms with Crippen LogP contribution in [0.3, 0.4) is 0 Å². The van der Waals surface area contributed by atoms with Crippen molar-refractivity contribution in [3.8, 4) is 6.26 Å². The molecule has 0 unspecified atom stereocenters. The minimum absolute atomic E-state index is 0.231. The fourth-order valence-corrected chi connectivity index (χ4v) is 2.62. The molecule has 0 atom stereocenters. The molecule has 1 aromatic rings. The third-order valence-electron chi connectivity index (χ3n) is 3.94. The summed E-state index contributed by atoms with van der Waals surface area (Å²) in [6.07, 6.45) is 3.54. The molecule has 1 heterocycles. The van der Waals surface area contributed by atoms with Gasteiger partial charge >= 0.3 is 159 Å². The zero-order chi connectivity index (χ0) is 20.0. The Balaban J connectivity index is 2.10. The molecule has 2 rings (SSSR count). The molecule has 1 aromatic carbocycles. The monoisotopic (exact) mass is 371 g/mol. The number of amides is 1. The number of carbonyl (C=O) groups excluding carboxylic acids is 1. The quantitative estimate of drug-likeness (QED) is 0.651. The summed E-state index contributed by atoms with van der Waals surface area (Å²) in [5.74, 6) is -0.231. The van der Waals surface area contributed by atoms with Crippen LogP contribution in [0.1, 0.15) is 38.3 Å². The van der Waals surface area contributed by atoms with Crippen LogP contribution in [0.4, 0.5) is 9.18 Å². The first-order chi connectivity index (χ1) is 12.7. The summed E-state index contributed by atoms with van der Waals surface area (Å²) in [6.45, 7) is 8.05.